The van der Waals surface area contributed by atoms with Gasteiger partial charge in [0.2, 0.25) is 5.91 Å². The third-order valence-corrected chi connectivity index (χ3v) is 5.93. The lowest BCUT2D eigenvalue weighted by Gasteiger charge is -2.08. The Morgan fingerprint density at radius 1 is 1.15 bits per heavy atom. The van der Waals surface area contributed by atoms with E-state index in [1.807, 2.05) is 31.2 Å². The topological polar surface area (TPSA) is 60.5 Å². The van der Waals surface area contributed by atoms with Crippen molar-refractivity contribution < 1.29 is 14.3 Å². The van der Waals surface area contributed by atoms with Crippen LogP contribution in [0.25, 0.3) is 10.6 Å². The first-order chi connectivity index (χ1) is 13.1. The van der Waals surface area contributed by atoms with Crippen molar-refractivity contribution in [3.05, 3.63) is 51.2 Å². The van der Waals surface area contributed by atoms with E-state index in [0.29, 0.717) is 19.4 Å². The number of carbonyl (C=O) groups is 1. The number of thiazole rings is 1. The fourth-order valence-electron chi connectivity index (χ4n) is 2.63. The van der Waals surface area contributed by atoms with Crippen molar-refractivity contribution in [1.82, 2.24) is 10.3 Å². The Kier molecular flexibility index (Phi) is 6.47. The highest BCUT2D eigenvalue weighted by Crippen LogP contribution is 2.29. The zero-order valence-corrected chi connectivity index (χ0v) is 17.2. The first kappa shape index (κ1) is 19.4. The van der Waals surface area contributed by atoms with Crippen molar-refractivity contribution in [2.45, 2.75) is 26.3 Å². The van der Waals surface area contributed by atoms with Crippen LogP contribution in [0, 0.1) is 6.92 Å². The summed E-state index contributed by atoms with van der Waals surface area (Å²) >= 11 is 3.31. The number of hydrogen-bond donors (Lipinski definition) is 1. The molecule has 0 aliphatic carbocycles. The second kappa shape index (κ2) is 9.01. The maximum absolute atomic E-state index is 12.2. The molecule has 0 saturated carbocycles. The van der Waals surface area contributed by atoms with Gasteiger partial charge in [0.05, 0.1) is 36.3 Å². The molecule has 27 heavy (non-hydrogen) atoms. The molecule has 3 rings (SSSR count). The molecule has 0 atom stereocenters. The number of aromatic nitrogens is 1. The van der Waals surface area contributed by atoms with Crippen LogP contribution in [0.3, 0.4) is 0 Å². The van der Waals surface area contributed by atoms with Crippen molar-refractivity contribution >= 4 is 28.6 Å². The molecule has 0 fully saturated rings. The highest BCUT2D eigenvalue weighted by Gasteiger charge is 2.09. The van der Waals surface area contributed by atoms with E-state index >= 15 is 0 Å². The van der Waals surface area contributed by atoms with Gasteiger partial charge in [0.1, 0.15) is 11.5 Å². The Morgan fingerprint density at radius 2 is 1.89 bits per heavy atom. The van der Waals surface area contributed by atoms with Crippen molar-refractivity contribution in [2.24, 2.45) is 0 Å². The lowest BCUT2D eigenvalue weighted by Crippen LogP contribution is -2.22. The number of rotatable bonds is 8. The van der Waals surface area contributed by atoms with Crippen LogP contribution in [0.4, 0.5) is 0 Å². The number of methoxy groups -OCH3 is 2. The summed E-state index contributed by atoms with van der Waals surface area (Å²) in [6.07, 6.45) is 1.05. The molecule has 0 spiro atoms. The molecular weight excluding hydrogens is 380 g/mol. The molecule has 0 bridgehead atoms. The van der Waals surface area contributed by atoms with E-state index in [9.17, 15) is 4.79 Å². The van der Waals surface area contributed by atoms with E-state index in [-0.39, 0.29) is 5.91 Å². The predicted molar refractivity (Wildman–Crippen MR) is 110 cm³/mol. The second-order valence-corrected chi connectivity index (χ2v) is 8.25. The van der Waals surface area contributed by atoms with Gasteiger partial charge in [0, 0.05) is 22.7 Å². The summed E-state index contributed by atoms with van der Waals surface area (Å²) in [6, 6.07) is 9.78. The summed E-state index contributed by atoms with van der Waals surface area (Å²) in [6.45, 7) is 2.54. The highest BCUT2D eigenvalue weighted by atomic mass is 32.1. The Bertz CT molecular complexity index is 895. The van der Waals surface area contributed by atoms with Gasteiger partial charge in [0.25, 0.3) is 0 Å². The number of thiophene rings is 1. The van der Waals surface area contributed by atoms with Gasteiger partial charge in [-0.15, -0.1) is 22.7 Å². The number of amides is 1. The normalized spacial score (nSPS) is 10.6. The Balaban J connectivity index is 1.51. The molecule has 2 heterocycles. The van der Waals surface area contributed by atoms with Crippen LogP contribution in [0.5, 0.6) is 11.5 Å². The van der Waals surface area contributed by atoms with Gasteiger partial charge in [-0.2, -0.15) is 0 Å². The molecular formula is C20H22N2O3S2. The molecule has 142 valence electrons. The van der Waals surface area contributed by atoms with Crippen molar-refractivity contribution in [2.75, 3.05) is 14.2 Å². The van der Waals surface area contributed by atoms with Gasteiger partial charge < -0.3 is 14.8 Å². The average Bonchev–Trinajstić information content (AvgIpc) is 3.33. The monoisotopic (exact) mass is 402 g/mol. The standard InChI is InChI=1S/C20H22N2O3S2/c1-13-22-18(12-26-13)19-6-5-17(27-19)11-21-20(23)7-4-14-8-15(24-2)10-16(9-14)25-3/h5-6,8-10,12H,4,7,11H2,1-3H3,(H,21,23). The van der Waals surface area contributed by atoms with Crippen LogP contribution in [0.1, 0.15) is 21.9 Å². The summed E-state index contributed by atoms with van der Waals surface area (Å²) in [5.41, 5.74) is 2.02. The van der Waals surface area contributed by atoms with Crippen LogP contribution in [0.2, 0.25) is 0 Å². The fraction of sp³-hybridized carbons (Fsp3) is 0.300. The Hall–Kier alpha value is -2.38. The lowest BCUT2D eigenvalue weighted by molar-refractivity contribution is -0.121. The molecule has 7 heteroatoms. The molecule has 0 radical (unpaired) electrons. The van der Waals surface area contributed by atoms with E-state index < -0.39 is 0 Å². The number of ether oxygens (including phenoxy) is 2. The van der Waals surface area contributed by atoms with Gasteiger partial charge in [-0.3, -0.25) is 4.79 Å². The van der Waals surface area contributed by atoms with Crippen LogP contribution < -0.4 is 14.8 Å². The minimum Gasteiger partial charge on any atom is -0.497 e. The second-order valence-electron chi connectivity index (χ2n) is 6.02. The summed E-state index contributed by atoms with van der Waals surface area (Å²) < 4.78 is 10.5. The lowest BCUT2D eigenvalue weighted by atomic mass is 10.1. The Morgan fingerprint density at radius 3 is 2.52 bits per heavy atom. The summed E-state index contributed by atoms with van der Waals surface area (Å²) in [5, 5.41) is 6.11. The minimum absolute atomic E-state index is 0.0243. The first-order valence-corrected chi connectivity index (χ1v) is 10.3. The van der Waals surface area contributed by atoms with E-state index in [0.717, 1.165) is 37.5 Å². The van der Waals surface area contributed by atoms with Crippen molar-refractivity contribution in [3.63, 3.8) is 0 Å². The fourth-order valence-corrected chi connectivity index (χ4v) is 4.23. The summed E-state index contributed by atoms with van der Waals surface area (Å²) in [5.74, 6) is 1.48. The predicted octanol–water partition coefficient (Wildman–Crippen LogP) is 4.45. The van der Waals surface area contributed by atoms with Crippen LogP contribution >= 0.6 is 22.7 Å². The molecule has 0 aliphatic heterocycles. The molecule has 2 aromatic heterocycles. The van der Waals surface area contributed by atoms with E-state index in [1.54, 1.807) is 36.9 Å². The quantitative estimate of drug-likeness (QED) is 0.605. The number of nitrogens with zero attached hydrogens (tertiary/aromatic N) is 1. The molecule has 0 unspecified atom stereocenters. The molecule has 0 saturated heterocycles. The van der Waals surface area contributed by atoms with E-state index in [4.69, 9.17) is 9.47 Å². The third kappa shape index (κ3) is 5.30. The SMILES string of the molecule is COc1cc(CCC(=O)NCc2ccc(-c3csc(C)n3)s2)cc(OC)c1. The number of aryl methyl sites for hydroxylation is 2. The van der Waals surface area contributed by atoms with Crippen LogP contribution in [-0.4, -0.2) is 25.1 Å². The number of carbonyl (C=O) groups excluding carboxylic acids is 1. The molecule has 1 aromatic carbocycles. The molecule has 3 aromatic rings. The number of hydrogen-bond acceptors (Lipinski definition) is 6. The van der Waals surface area contributed by atoms with Crippen LogP contribution in [0.15, 0.2) is 35.7 Å². The smallest absolute Gasteiger partial charge is 0.220 e. The van der Waals surface area contributed by atoms with Crippen molar-refractivity contribution in [3.8, 4) is 22.1 Å². The summed E-state index contributed by atoms with van der Waals surface area (Å²) in [4.78, 5) is 19.0. The average molecular weight is 403 g/mol. The number of nitrogens with one attached hydrogen (secondary N) is 1. The van der Waals surface area contributed by atoms with Crippen LogP contribution in [-0.2, 0) is 17.8 Å². The van der Waals surface area contributed by atoms with Gasteiger partial charge in [-0.25, -0.2) is 4.98 Å². The third-order valence-electron chi connectivity index (χ3n) is 4.04. The van der Waals surface area contributed by atoms with Gasteiger partial charge in [-0.1, -0.05) is 0 Å². The van der Waals surface area contributed by atoms with Crippen molar-refractivity contribution in [1.29, 1.82) is 0 Å². The zero-order valence-electron chi connectivity index (χ0n) is 15.6. The maximum Gasteiger partial charge on any atom is 0.220 e. The number of benzene rings is 1. The maximum atomic E-state index is 12.2. The van der Waals surface area contributed by atoms with Gasteiger partial charge in [-0.05, 0) is 43.2 Å². The molecule has 0 aliphatic rings. The van der Waals surface area contributed by atoms with E-state index in [2.05, 4.69) is 21.7 Å². The minimum atomic E-state index is 0.0243. The molecule has 1 N–H and O–H groups in total. The van der Waals surface area contributed by atoms with E-state index in [1.165, 1.54) is 0 Å². The molecule has 5 nitrogen and oxygen atoms in total. The molecule has 1 amide bonds. The van der Waals surface area contributed by atoms with Gasteiger partial charge in [0.15, 0.2) is 0 Å². The largest absolute Gasteiger partial charge is 0.497 e. The highest BCUT2D eigenvalue weighted by molar-refractivity contribution is 7.16. The summed E-state index contributed by atoms with van der Waals surface area (Å²) in [7, 11) is 3.24. The van der Waals surface area contributed by atoms with Gasteiger partial charge >= 0.3 is 0 Å². The first-order valence-electron chi connectivity index (χ1n) is 8.57. The zero-order chi connectivity index (χ0) is 19.2. The Labute approximate surface area is 167 Å².